The maximum absolute atomic E-state index is 12.3. The topological polar surface area (TPSA) is 60.0 Å². The number of carbonyl (C=O) groups is 1. The first-order valence-electron chi connectivity index (χ1n) is 12.8. The van der Waals surface area contributed by atoms with Crippen LogP contribution in [0.3, 0.4) is 0 Å². The average molecular weight is 485 g/mol. The molecule has 0 bridgehead atoms. The highest BCUT2D eigenvalue weighted by molar-refractivity contribution is 5.74. The summed E-state index contributed by atoms with van der Waals surface area (Å²) in [5.74, 6) is 1.68. The number of para-hydroxylation sites is 1. The van der Waals surface area contributed by atoms with Crippen LogP contribution < -0.4 is 14.8 Å². The summed E-state index contributed by atoms with van der Waals surface area (Å²) in [5.41, 5.74) is 4.67. The molecule has 1 spiro atoms. The second-order valence-electron chi connectivity index (χ2n) is 10.1. The first-order valence-corrected chi connectivity index (χ1v) is 12.8. The predicted molar refractivity (Wildman–Crippen MR) is 137 cm³/mol. The van der Waals surface area contributed by atoms with E-state index in [1.807, 2.05) is 30.3 Å². The number of rotatable bonds is 6. The van der Waals surface area contributed by atoms with Crippen molar-refractivity contribution in [2.75, 3.05) is 19.9 Å². The number of benzene rings is 3. The molecule has 0 aromatic heterocycles. The summed E-state index contributed by atoms with van der Waals surface area (Å²) in [4.78, 5) is 14.7. The number of piperidine rings is 1. The fourth-order valence-corrected chi connectivity index (χ4v) is 6.27. The molecule has 0 unspecified atom stereocenters. The number of fused-ring (bicyclic) bond motifs is 3. The number of ether oxygens (including phenoxy) is 3. The lowest BCUT2D eigenvalue weighted by atomic mass is 9.71. The highest BCUT2D eigenvalue weighted by Gasteiger charge is 2.54. The Balaban J connectivity index is 1.26. The van der Waals surface area contributed by atoms with E-state index in [4.69, 9.17) is 14.2 Å². The van der Waals surface area contributed by atoms with Gasteiger partial charge >= 0.3 is 0 Å². The summed E-state index contributed by atoms with van der Waals surface area (Å²) >= 11 is 0. The fraction of sp³-hybridized carbons (Fsp3) is 0.367. The molecule has 186 valence electrons. The molecule has 36 heavy (non-hydrogen) atoms. The standard InChI is InChI=1S/C30H32N2O4/c1-21(33)31-27-24-11-5-6-12-25(24)30(29(27)34-19-22-8-3-2-4-9-22)14-16-32(17-15-30)18-23-10-7-13-26-28(23)36-20-35-26/h2-13,27,29H,14-20H2,1H3,(H,31,33)/t27-,29+/m0/s1. The third-order valence-electron chi connectivity index (χ3n) is 7.93. The van der Waals surface area contributed by atoms with Gasteiger partial charge in [0, 0.05) is 24.4 Å². The molecule has 0 saturated carbocycles. The van der Waals surface area contributed by atoms with Gasteiger partial charge in [0.05, 0.1) is 18.8 Å². The van der Waals surface area contributed by atoms with Crippen molar-refractivity contribution < 1.29 is 19.0 Å². The third kappa shape index (κ3) is 4.14. The van der Waals surface area contributed by atoms with Crippen LogP contribution in [0.25, 0.3) is 0 Å². The van der Waals surface area contributed by atoms with Crippen molar-refractivity contribution in [3.8, 4) is 11.5 Å². The zero-order valence-corrected chi connectivity index (χ0v) is 20.6. The van der Waals surface area contributed by atoms with E-state index >= 15 is 0 Å². The van der Waals surface area contributed by atoms with Gasteiger partial charge in [-0.05, 0) is 48.7 Å². The number of amides is 1. The Morgan fingerprint density at radius 3 is 2.58 bits per heavy atom. The minimum absolute atomic E-state index is 0.0299. The molecule has 6 heteroatoms. The summed E-state index contributed by atoms with van der Waals surface area (Å²) in [6.07, 6.45) is 1.80. The largest absolute Gasteiger partial charge is 0.454 e. The van der Waals surface area contributed by atoms with Crippen LogP contribution in [0.15, 0.2) is 72.8 Å². The lowest BCUT2D eigenvalue weighted by Crippen LogP contribution is -2.50. The molecule has 1 saturated heterocycles. The minimum atomic E-state index is -0.156. The second-order valence-corrected chi connectivity index (χ2v) is 10.1. The number of likely N-dealkylation sites (tertiary alicyclic amines) is 1. The van der Waals surface area contributed by atoms with Crippen LogP contribution in [0.4, 0.5) is 0 Å². The zero-order valence-electron chi connectivity index (χ0n) is 20.6. The summed E-state index contributed by atoms with van der Waals surface area (Å²) in [6, 6.07) is 24.8. The van der Waals surface area contributed by atoms with Crippen molar-refractivity contribution in [1.82, 2.24) is 10.2 Å². The van der Waals surface area contributed by atoms with Crippen LogP contribution in [-0.2, 0) is 28.1 Å². The molecule has 2 heterocycles. The van der Waals surface area contributed by atoms with Crippen LogP contribution in [0, 0.1) is 0 Å². The van der Waals surface area contributed by atoms with E-state index in [2.05, 4.69) is 52.7 Å². The SMILES string of the molecule is CC(=O)N[C@H]1c2ccccc2C2(CCN(Cc3cccc4c3OCO4)CC2)[C@@H]1OCc1ccccc1. The summed E-state index contributed by atoms with van der Waals surface area (Å²) < 4.78 is 18.0. The van der Waals surface area contributed by atoms with Crippen molar-refractivity contribution in [3.63, 3.8) is 0 Å². The summed E-state index contributed by atoms with van der Waals surface area (Å²) in [6.45, 7) is 5.11. The Kier molecular flexibility index (Phi) is 6.15. The van der Waals surface area contributed by atoms with Gasteiger partial charge in [0.1, 0.15) is 0 Å². The van der Waals surface area contributed by atoms with Gasteiger partial charge in [-0.2, -0.15) is 0 Å². The van der Waals surface area contributed by atoms with E-state index in [-0.39, 0.29) is 30.3 Å². The van der Waals surface area contributed by atoms with Gasteiger partial charge in [0.2, 0.25) is 12.7 Å². The van der Waals surface area contributed by atoms with Gasteiger partial charge in [-0.15, -0.1) is 0 Å². The van der Waals surface area contributed by atoms with Crippen LogP contribution in [0.5, 0.6) is 11.5 Å². The normalized spacial score (nSPS) is 21.9. The van der Waals surface area contributed by atoms with Gasteiger partial charge in [0.15, 0.2) is 11.5 Å². The Morgan fingerprint density at radius 1 is 1.00 bits per heavy atom. The Morgan fingerprint density at radius 2 is 1.78 bits per heavy atom. The Labute approximate surface area is 212 Å². The van der Waals surface area contributed by atoms with Crippen LogP contribution in [0.2, 0.25) is 0 Å². The predicted octanol–water partition coefficient (Wildman–Crippen LogP) is 4.73. The molecular formula is C30H32N2O4. The maximum atomic E-state index is 12.3. The lowest BCUT2D eigenvalue weighted by molar-refractivity contribution is -0.122. The van der Waals surface area contributed by atoms with Crippen LogP contribution >= 0.6 is 0 Å². The molecular weight excluding hydrogens is 452 g/mol. The highest BCUT2D eigenvalue weighted by Crippen LogP contribution is 2.52. The van der Waals surface area contributed by atoms with Crippen molar-refractivity contribution in [1.29, 1.82) is 0 Å². The molecule has 3 aromatic carbocycles. The van der Waals surface area contributed by atoms with Gasteiger partial charge in [-0.25, -0.2) is 0 Å². The van der Waals surface area contributed by atoms with Crippen LogP contribution in [-0.4, -0.2) is 36.8 Å². The first-order chi connectivity index (χ1) is 17.6. The summed E-state index contributed by atoms with van der Waals surface area (Å²) in [5, 5.41) is 3.23. The van der Waals surface area contributed by atoms with E-state index in [9.17, 15) is 4.79 Å². The molecule has 1 N–H and O–H groups in total. The van der Waals surface area contributed by atoms with E-state index in [0.29, 0.717) is 6.61 Å². The molecule has 6 nitrogen and oxygen atoms in total. The second kappa shape index (κ2) is 9.60. The first kappa shape index (κ1) is 23.1. The van der Waals surface area contributed by atoms with Crippen molar-refractivity contribution >= 4 is 5.91 Å². The minimum Gasteiger partial charge on any atom is -0.454 e. The number of hydrogen-bond acceptors (Lipinski definition) is 5. The van der Waals surface area contributed by atoms with E-state index < -0.39 is 0 Å². The molecule has 3 aromatic rings. The lowest BCUT2D eigenvalue weighted by Gasteiger charge is -2.44. The van der Waals surface area contributed by atoms with Crippen molar-refractivity contribution in [2.45, 2.75) is 50.5 Å². The third-order valence-corrected chi connectivity index (χ3v) is 7.93. The number of nitrogens with one attached hydrogen (secondary N) is 1. The van der Waals surface area contributed by atoms with Gasteiger partial charge in [-0.3, -0.25) is 9.69 Å². The Bertz CT molecular complexity index is 1240. The smallest absolute Gasteiger partial charge is 0.231 e. The molecule has 1 amide bonds. The molecule has 6 rings (SSSR count). The molecule has 3 aliphatic rings. The summed E-state index contributed by atoms with van der Waals surface area (Å²) in [7, 11) is 0. The Hall–Kier alpha value is -3.35. The molecule has 2 aliphatic heterocycles. The highest BCUT2D eigenvalue weighted by atomic mass is 16.7. The van der Waals surface area contributed by atoms with E-state index in [1.165, 1.54) is 16.7 Å². The van der Waals surface area contributed by atoms with Gasteiger partial charge < -0.3 is 19.5 Å². The van der Waals surface area contributed by atoms with E-state index in [1.54, 1.807) is 6.92 Å². The zero-order chi connectivity index (χ0) is 24.5. The van der Waals surface area contributed by atoms with Gasteiger partial charge in [0.25, 0.3) is 0 Å². The fourth-order valence-electron chi connectivity index (χ4n) is 6.27. The molecule has 0 radical (unpaired) electrons. The average Bonchev–Trinajstić information content (AvgIpc) is 3.48. The molecule has 1 aliphatic carbocycles. The van der Waals surface area contributed by atoms with Crippen molar-refractivity contribution in [2.24, 2.45) is 0 Å². The van der Waals surface area contributed by atoms with Crippen LogP contribution in [0.1, 0.15) is 48.1 Å². The number of hydrogen-bond donors (Lipinski definition) is 1. The quantitative estimate of drug-likeness (QED) is 0.548. The van der Waals surface area contributed by atoms with Crippen molar-refractivity contribution in [3.05, 3.63) is 95.1 Å². The monoisotopic (exact) mass is 484 g/mol. The molecule has 2 atom stereocenters. The van der Waals surface area contributed by atoms with E-state index in [0.717, 1.165) is 49.5 Å². The number of nitrogens with zero attached hydrogens (tertiary/aromatic N) is 1. The van der Waals surface area contributed by atoms with Gasteiger partial charge in [-0.1, -0.05) is 66.7 Å². The maximum Gasteiger partial charge on any atom is 0.231 e. The molecule has 1 fully saturated rings. The number of carbonyl (C=O) groups excluding carboxylic acids is 1.